The van der Waals surface area contributed by atoms with Crippen LogP contribution in [0.5, 0.6) is 5.75 Å². The van der Waals surface area contributed by atoms with E-state index in [4.69, 9.17) is 16.3 Å². The summed E-state index contributed by atoms with van der Waals surface area (Å²) < 4.78 is 5.38. The fourth-order valence-corrected chi connectivity index (χ4v) is 3.04. The summed E-state index contributed by atoms with van der Waals surface area (Å²) in [7, 11) is 3.44. The quantitative estimate of drug-likeness (QED) is 0.285. The lowest BCUT2D eigenvalue weighted by atomic mass is 10.1. The van der Waals surface area contributed by atoms with Crippen LogP contribution in [0.15, 0.2) is 35.8 Å². The number of guanidine groups is 1. The van der Waals surface area contributed by atoms with Gasteiger partial charge in [-0.25, -0.2) is 0 Å². The average Bonchev–Trinajstić information content (AvgIpc) is 2.61. The van der Waals surface area contributed by atoms with E-state index in [0.717, 1.165) is 49.7 Å². The Morgan fingerprint density at radius 1 is 1.44 bits per heavy atom. The summed E-state index contributed by atoms with van der Waals surface area (Å²) in [4.78, 5) is 6.74. The summed E-state index contributed by atoms with van der Waals surface area (Å²) in [6.45, 7) is 7.58. The molecule has 1 aromatic rings. The number of piperidine rings is 1. The Morgan fingerprint density at radius 3 is 2.76 bits per heavy atom. The number of benzene rings is 1. The highest BCUT2D eigenvalue weighted by molar-refractivity contribution is 14.0. The van der Waals surface area contributed by atoms with Crippen LogP contribution in [-0.4, -0.2) is 50.7 Å². The minimum absolute atomic E-state index is 0. The van der Waals surface area contributed by atoms with Crippen molar-refractivity contribution in [2.24, 2.45) is 4.99 Å². The highest BCUT2D eigenvalue weighted by atomic mass is 127. The molecule has 0 unspecified atom stereocenters. The number of likely N-dealkylation sites (tertiary alicyclic amines) is 1. The van der Waals surface area contributed by atoms with Crippen molar-refractivity contribution >= 4 is 41.5 Å². The molecule has 1 saturated heterocycles. The summed E-state index contributed by atoms with van der Waals surface area (Å²) in [5, 5.41) is 7.53. The van der Waals surface area contributed by atoms with Gasteiger partial charge in [-0.1, -0.05) is 23.7 Å². The fourth-order valence-electron chi connectivity index (χ4n) is 2.87. The van der Waals surface area contributed by atoms with Crippen LogP contribution in [0.1, 0.15) is 18.4 Å². The number of methoxy groups -OCH3 is 1. The van der Waals surface area contributed by atoms with Crippen molar-refractivity contribution < 1.29 is 4.74 Å². The highest BCUT2D eigenvalue weighted by Crippen LogP contribution is 2.22. The van der Waals surface area contributed by atoms with E-state index in [2.05, 4.69) is 27.1 Å². The number of halogens is 2. The predicted octanol–water partition coefficient (Wildman–Crippen LogP) is 3.28. The maximum absolute atomic E-state index is 6.00. The maximum atomic E-state index is 6.00. The van der Waals surface area contributed by atoms with Crippen LogP contribution >= 0.6 is 35.6 Å². The van der Waals surface area contributed by atoms with Crippen molar-refractivity contribution in [2.45, 2.75) is 25.4 Å². The van der Waals surface area contributed by atoms with Gasteiger partial charge in [0, 0.05) is 49.9 Å². The number of rotatable bonds is 6. The lowest BCUT2D eigenvalue weighted by Crippen LogP contribution is -2.48. The zero-order valence-corrected chi connectivity index (χ0v) is 18.0. The Balaban J connectivity index is 0.00000312. The molecule has 0 aromatic heterocycles. The topological polar surface area (TPSA) is 48.9 Å². The van der Waals surface area contributed by atoms with Gasteiger partial charge in [0.15, 0.2) is 5.96 Å². The number of nitrogens with one attached hydrogen (secondary N) is 2. The molecule has 7 heteroatoms. The lowest BCUT2D eigenvalue weighted by molar-refractivity contribution is 0.225. The SMILES string of the molecule is C=CCN1CCC(NC(=NC)NCc2ccc(Cl)cc2OC)CC1.I. The number of aliphatic imine (C=N–C) groups is 1. The van der Waals surface area contributed by atoms with E-state index in [1.165, 1.54) is 0 Å². The van der Waals surface area contributed by atoms with E-state index in [0.29, 0.717) is 17.6 Å². The normalized spacial score (nSPS) is 16.0. The Hall–Kier alpha value is -0.990. The first-order valence-electron chi connectivity index (χ1n) is 8.29. The van der Waals surface area contributed by atoms with E-state index < -0.39 is 0 Å². The van der Waals surface area contributed by atoms with Gasteiger partial charge in [0.1, 0.15) is 5.75 Å². The molecular formula is C18H28ClIN4O. The summed E-state index contributed by atoms with van der Waals surface area (Å²) in [6, 6.07) is 6.11. The van der Waals surface area contributed by atoms with E-state index in [1.807, 2.05) is 24.3 Å². The first-order chi connectivity index (χ1) is 11.7. The lowest BCUT2D eigenvalue weighted by Gasteiger charge is -2.32. The second-order valence-electron chi connectivity index (χ2n) is 5.89. The molecule has 2 rings (SSSR count). The molecule has 0 saturated carbocycles. The van der Waals surface area contributed by atoms with E-state index in [1.54, 1.807) is 14.2 Å². The second-order valence-corrected chi connectivity index (χ2v) is 6.33. The van der Waals surface area contributed by atoms with Crippen molar-refractivity contribution in [3.63, 3.8) is 0 Å². The van der Waals surface area contributed by atoms with Crippen molar-refractivity contribution in [2.75, 3.05) is 33.8 Å². The van der Waals surface area contributed by atoms with Gasteiger partial charge >= 0.3 is 0 Å². The zero-order chi connectivity index (χ0) is 17.4. The van der Waals surface area contributed by atoms with Gasteiger partial charge in [0.25, 0.3) is 0 Å². The smallest absolute Gasteiger partial charge is 0.191 e. The zero-order valence-electron chi connectivity index (χ0n) is 14.9. The van der Waals surface area contributed by atoms with Crippen LogP contribution < -0.4 is 15.4 Å². The average molecular weight is 479 g/mol. The van der Waals surface area contributed by atoms with Gasteiger partial charge in [-0.15, -0.1) is 30.6 Å². The van der Waals surface area contributed by atoms with E-state index in [-0.39, 0.29) is 24.0 Å². The monoisotopic (exact) mass is 478 g/mol. The third-order valence-electron chi connectivity index (χ3n) is 4.23. The van der Waals surface area contributed by atoms with Gasteiger partial charge in [-0.2, -0.15) is 0 Å². The molecule has 5 nitrogen and oxygen atoms in total. The first-order valence-corrected chi connectivity index (χ1v) is 8.67. The second kappa shape index (κ2) is 11.6. The molecule has 0 bridgehead atoms. The van der Waals surface area contributed by atoms with Crippen LogP contribution in [0.4, 0.5) is 0 Å². The van der Waals surface area contributed by atoms with Crippen LogP contribution in [0, 0.1) is 0 Å². The third kappa shape index (κ3) is 7.03. The first kappa shape index (κ1) is 22.1. The number of hydrogen-bond donors (Lipinski definition) is 2. The molecule has 2 N–H and O–H groups in total. The number of ether oxygens (including phenoxy) is 1. The molecular weight excluding hydrogens is 451 g/mol. The summed E-state index contributed by atoms with van der Waals surface area (Å²) in [5.74, 6) is 1.59. The van der Waals surface area contributed by atoms with Gasteiger partial charge in [0.05, 0.1) is 7.11 Å². The van der Waals surface area contributed by atoms with E-state index in [9.17, 15) is 0 Å². The molecule has 0 atom stereocenters. The van der Waals surface area contributed by atoms with E-state index >= 15 is 0 Å². The van der Waals surface area contributed by atoms with Crippen molar-refractivity contribution in [3.05, 3.63) is 41.4 Å². The minimum atomic E-state index is 0. The number of hydrogen-bond acceptors (Lipinski definition) is 3. The molecule has 0 radical (unpaired) electrons. The standard InChI is InChI=1S/C18H27ClN4O.HI/c1-4-9-23-10-7-16(8-11-23)22-18(20-2)21-13-14-5-6-15(19)12-17(14)24-3;/h4-6,12,16H,1,7-11,13H2,2-3H3,(H2,20,21,22);1H. The van der Waals surface area contributed by atoms with Gasteiger partial charge in [-0.05, 0) is 25.0 Å². The van der Waals surface area contributed by atoms with Gasteiger partial charge in [0.2, 0.25) is 0 Å². The Bertz CT molecular complexity index is 574. The molecule has 1 heterocycles. The largest absolute Gasteiger partial charge is 0.496 e. The van der Waals surface area contributed by atoms with Crippen LogP contribution in [0.25, 0.3) is 0 Å². The maximum Gasteiger partial charge on any atom is 0.191 e. The summed E-state index contributed by atoms with van der Waals surface area (Å²) in [6.07, 6.45) is 4.19. The van der Waals surface area contributed by atoms with Gasteiger partial charge < -0.3 is 15.4 Å². The molecule has 1 aliphatic rings. The van der Waals surface area contributed by atoms with Gasteiger partial charge in [-0.3, -0.25) is 9.89 Å². The molecule has 140 valence electrons. The molecule has 1 fully saturated rings. The van der Waals surface area contributed by atoms with Crippen LogP contribution in [0.3, 0.4) is 0 Å². The molecule has 0 spiro atoms. The Labute approximate surface area is 172 Å². The molecule has 1 aromatic carbocycles. The highest BCUT2D eigenvalue weighted by Gasteiger charge is 2.19. The van der Waals surface area contributed by atoms with Crippen LogP contribution in [0.2, 0.25) is 5.02 Å². The van der Waals surface area contributed by atoms with Crippen molar-refractivity contribution in [1.29, 1.82) is 0 Å². The summed E-state index contributed by atoms with van der Waals surface area (Å²) in [5.41, 5.74) is 1.05. The summed E-state index contributed by atoms with van der Waals surface area (Å²) >= 11 is 6.00. The van der Waals surface area contributed by atoms with Crippen molar-refractivity contribution in [1.82, 2.24) is 15.5 Å². The van der Waals surface area contributed by atoms with Crippen molar-refractivity contribution in [3.8, 4) is 5.75 Å². The molecule has 25 heavy (non-hydrogen) atoms. The Kier molecular flexibility index (Phi) is 10.2. The van der Waals surface area contributed by atoms with Crippen LogP contribution in [-0.2, 0) is 6.54 Å². The number of nitrogens with zero attached hydrogens (tertiary/aromatic N) is 2. The predicted molar refractivity (Wildman–Crippen MR) is 116 cm³/mol. The molecule has 0 amide bonds. The molecule has 0 aliphatic carbocycles. The Morgan fingerprint density at radius 2 is 2.16 bits per heavy atom. The third-order valence-corrected chi connectivity index (χ3v) is 4.47. The minimum Gasteiger partial charge on any atom is -0.496 e. The molecule has 1 aliphatic heterocycles. The fraction of sp³-hybridized carbons (Fsp3) is 0.500.